The van der Waals surface area contributed by atoms with Gasteiger partial charge >= 0.3 is 0 Å². The molecule has 0 amide bonds. The summed E-state index contributed by atoms with van der Waals surface area (Å²) in [5, 5.41) is 2.67. The van der Waals surface area contributed by atoms with Gasteiger partial charge in [0, 0.05) is 29.4 Å². The molecule has 3 aromatic carbocycles. The highest BCUT2D eigenvalue weighted by Crippen LogP contribution is 2.46. The fourth-order valence-electron chi connectivity index (χ4n) is 2.95. The van der Waals surface area contributed by atoms with Crippen LogP contribution in [0, 0.1) is 0 Å². The lowest BCUT2D eigenvalue weighted by atomic mass is 9.92. The van der Waals surface area contributed by atoms with Crippen LogP contribution in [-0.4, -0.2) is 7.05 Å². The Labute approximate surface area is 120 Å². The molecule has 1 aliphatic heterocycles. The molecule has 0 saturated carbocycles. The number of anilines is 2. The molecule has 1 nitrogen and oxygen atoms in total. The topological polar surface area (TPSA) is 3.24 Å². The molecule has 0 aliphatic carbocycles. The maximum atomic E-state index is 2.28. The third-order valence-electron chi connectivity index (χ3n) is 3.80. The maximum absolute atomic E-state index is 2.28. The van der Waals surface area contributed by atoms with Gasteiger partial charge in [0.2, 0.25) is 0 Å². The van der Waals surface area contributed by atoms with Crippen molar-refractivity contribution in [2.75, 3.05) is 11.9 Å². The van der Waals surface area contributed by atoms with Crippen molar-refractivity contribution in [2.24, 2.45) is 0 Å². The predicted molar refractivity (Wildman–Crippen MR) is 88.8 cm³/mol. The molecule has 3 aromatic rings. The number of hydrogen-bond donors (Lipinski definition) is 0. The fraction of sp³-hybridized carbons (Fsp3) is 0.158. The average Bonchev–Trinajstić information content (AvgIpc) is 2.54. The van der Waals surface area contributed by atoms with E-state index < -0.39 is 0 Å². The third kappa shape index (κ3) is 1.70. The summed E-state index contributed by atoms with van der Waals surface area (Å²) >= 11 is 0. The van der Waals surface area contributed by atoms with E-state index in [2.05, 4.69) is 72.6 Å². The van der Waals surface area contributed by atoms with Gasteiger partial charge in [-0.25, -0.2) is 0 Å². The predicted octanol–water partition coefficient (Wildman–Crippen LogP) is 5.61. The van der Waals surface area contributed by atoms with Crippen molar-refractivity contribution >= 4 is 22.1 Å². The molecule has 4 rings (SSSR count). The van der Waals surface area contributed by atoms with Crippen molar-refractivity contribution in [1.82, 2.24) is 0 Å². The highest BCUT2D eigenvalue weighted by Gasteiger charge is 2.20. The minimum Gasteiger partial charge on any atom is -0.344 e. The lowest BCUT2D eigenvalue weighted by molar-refractivity contribution is 1.21. The molecule has 0 saturated heterocycles. The summed E-state index contributed by atoms with van der Waals surface area (Å²) in [5.41, 5.74) is 5.24. The molecule has 0 radical (unpaired) electrons. The Bertz CT molecular complexity index is 753. The zero-order chi connectivity index (χ0) is 14.1. The number of rotatable bonds is 0. The van der Waals surface area contributed by atoms with Crippen LogP contribution in [0.5, 0.6) is 0 Å². The zero-order valence-electron chi connectivity index (χ0n) is 12.2. The minimum atomic E-state index is 1.28. The number of para-hydroxylation sites is 1. The summed E-state index contributed by atoms with van der Waals surface area (Å²) in [6, 6.07) is 21.7. The summed E-state index contributed by atoms with van der Waals surface area (Å²) in [5.74, 6) is 0. The Balaban J connectivity index is 0.000000581. The van der Waals surface area contributed by atoms with E-state index in [0.717, 1.165) is 0 Å². The average molecular weight is 261 g/mol. The summed E-state index contributed by atoms with van der Waals surface area (Å²) in [4.78, 5) is 2.28. The van der Waals surface area contributed by atoms with Gasteiger partial charge in [-0.1, -0.05) is 62.4 Å². The van der Waals surface area contributed by atoms with Crippen LogP contribution in [0.1, 0.15) is 13.8 Å². The number of nitrogens with zero attached hydrogens (tertiary/aromatic N) is 1. The molecule has 0 aromatic heterocycles. The first-order valence-electron chi connectivity index (χ1n) is 7.21. The van der Waals surface area contributed by atoms with Gasteiger partial charge in [-0.2, -0.15) is 0 Å². The zero-order valence-corrected chi connectivity index (χ0v) is 12.2. The van der Waals surface area contributed by atoms with Crippen molar-refractivity contribution < 1.29 is 0 Å². The van der Waals surface area contributed by atoms with Gasteiger partial charge in [0.05, 0.1) is 0 Å². The van der Waals surface area contributed by atoms with Gasteiger partial charge in [-0.15, -0.1) is 0 Å². The first kappa shape index (κ1) is 12.7. The highest BCUT2D eigenvalue weighted by atomic mass is 15.1. The van der Waals surface area contributed by atoms with Gasteiger partial charge in [-0.3, -0.25) is 0 Å². The number of benzene rings is 3. The van der Waals surface area contributed by atoms with E-state index in [-0.39, 0.29) is 0 Å². The normalized spacial score (nSPS) is 11.7. The quantitative estimate of drug-likeness (QED) is 0.508. The first-order valence-corrected chi connectivity index (χ1v) is 7.21. The Hall–Kier alpha value is -2.28. The van der Waals surface area contributed by atoms with Crippen LogP contribution in [0.3, 0.4) is 0 Å². The smallest absolute Gasteiger partial charge is 0.0494 e. The summed E-state index contributed by atoms with van der Waals surface area (Å²) in [6.07, 6.45) is 0. The Morgan fingerprint density at radius 1 is 0.650 bits per heavy atom. The van der Waals surface area contributed by atoms with Gasteiger partial charge in [0.15, 0.2) is 0 Å². The van der Waals surface area contributed by atoms with E-state index in [4.69, 9.17) is 0 Å². The van der Waals surface area contributed by atoms with E-state index in [1.54, 1.807) is 0 Å². The van der Waals surface area contributed by atoms with E-state index in [1.165, 1.54) is 33.3 Å². The van der Waals surface area contributed by atoms with Crippen LogP contribution in [0.2, 0.25) is 0 Å². The van der Waals surface area contributed by atoms with Crippen LogP contribution in [-0.2, 0) is 0 Å². The van der Waals surface area contributed by atoms with Crippen LogP contribution in [0.25, 0.3) is 21.9 Å². The molecular weight excluding hydrogens is 242 g/mol. The molecule has 20 heavy (non-hydrogen) atoms. The van der Waals surface area contributed by atoms with Crippen LogP contribution in [0.4, 0.5) is 11.4 Å². The molecule has 1 aliphatic rings. The van der Waals surface area contributed by atoms with Gasteiger partial charge < -0.3 is 4.90 Å². The van der Waals surface area contributed by atoms with Crippen molar-refractivity contribution in [1.29, 1.82) is 0 Å². The minimum absolute atomic E-state index is 1.28. The van der Waals surface area contributed by atoms with Crippen molar-refractivity contribution in [3.63, 3.8) is 0 Å². The second kappa shape index (κ2) is 5.01. The van der Waals surface area contributed by atoms with Crippen molar-refractivity contribution in [2.45, 2.75) is 13.8 Å². The Morgan fingerprint density at radius 2 is 1.25 bits per heavy atom. The van der Waals surface area contributed by atoms with Gasteiger partial charge in [0.1, 0.15) is 0 Å². The molecule has 0 N–H and O–H groups in total. The standard InChI is InChI=1S/C17H13N.C2H6/c1-18-15-10-3-2-8-13(15)14-9-4-6-12-7-5-11-16(18)17(12)14;1-2/h2-11H,1H3;1-2H3. The lowest BCUT2D eigenvalue weighted by Gasteiger charge is -2.30. The first-order chi connectivity index (χ1) is 9.86. The summed E-state index contributed by atoms with van der Waals surface area (Å²) in [6.45, 7) is 4.00. The molecular formula is C19H19N. The van der Waals surface area contributed by atoms with Crippen molar-refractivity contribution in [3.05, 3.63) is 60.7 Å². The molecule has 0 atom stereocenters. The largest absolute Gasteiger partial charge is 0.344 e. The number of hydrogen-bond acceptors (Lipinski definition) is 1. The lowest BCUT2D eigenvalue weighted by Crippen LogP contribution is -2.14. The summed E-state index contributed by atoms with van der Waals surface area (Å²) < 4.78 is 0. The van der Waals surface area contributed by atoms with Crippen LogP contribution in [0.15, 0.2) is 60.7 Å². The summed E-state index contributed by atoms with van der Waals surface area (Å²) in [7, 11) is 2.14. The van der Waals surface area contributed by atoms with Gasteiger partial charge in [0.25, 0.3) is 0 Å². The number of fused-ring (bicyclic) bond motifs is 2. The van der Waals surface area contributed by atoms with E-state index in [9.17, 15) is 0 Å². The van der Waals surface area contributed by atoms with Gasteiger partial charge in [-0.05, 0) is 23.1 Å². The van der Waals surface area contributed by atoms with Crippen molar-refractivity contribution in [3.8, 4) is 11.1 Å². The van der Waals surface area contributed by atoms with Crippen LogP contribution < -0.4 is 4.90 Å². The molecule has 0 unspecified atom stereocenters. The van der Waals surface area contributed by atoms with E-state index in [0.29, 0.717) is 0 Å². The SMILES string of the molecule is CC.CN1c2ccccc2-c2cccc3cccc1c23. The molecule has 1 heteroatoms. The molecule has 100 valence electrons. The molecule has 0 fully saturated rings. The fourth-order valence-corrected chi connectivity index (χ4v) is 2.95. The highest BCUT2D eigenvalue weighted by molar-refractivity contribution is 6.11. The third-order valence-corrected chi connectivity index (χ3v) is 3.80. The Morgan fingerprint density at radius 3 is 2.05 bits per heavy atom. The van der Waals surface area contributed by atoms with E-state index in [1.807, 2.05) is 13.8 Å². The van der Waals surface area contributed by atoms with Crippen LogP contribution >= 0.6 is 0 Å². The maximum Gasteiger partial charge on any atom is 0.0494 e. The molecule has 0 bridgehead atoms. The Kier molecular flexibility index (Phi) is 3.19. The second-order valence-corrected chi connectivity index (χ2v) is 4.76. The molecule has 1 heterocycles. The molecule has 0 spiro atoms. The van der Waals surface area contributed by atoms with E-state index >= 15 is 0 Å². The second-order valence-electron chi connectivity index (χ2n) is 4.76. The monoisotopic (exact) mass is 261 g/mol.